The van der Waals surface area contributed by atoms with E-state index in [1.165, 1.54) is 0 Å². The minimum Gasteiger partial charge on any atom is -0.508 e. The third-order valence-corrected chi connectivity index (χ3v) is 1.98. The topological polar surface area (TPSA) is 92.5 Å². The molecule has 6 heteroatoms. The van der Waals surface area contributed by atoms with Crippen LogP contribution in [0.2, 0.25) is 0 Å². The summed E-state index contributed by atoms with van der Waals surface area (Å²) in [5.41, 5.74) is -0.548. The minimum absolute atomic E-state index is 0.188. The molecule has 0 atom stereocenters. The average Bonchev–Trinajstić information content (AvgIpc) is 2.28. The molecular formula is C11H10N2O4. The highest BCUT2D eigenvalue weighted by Gasteiger charge is 2.20. The Bertz CT molecular complexity index is 491. The van der Waals surface area contributed by atoms with Crippen molar-refractivity contribution in [3.63, 3.8) is 0 Å². The first-order valence-electron chi connectivity index (χ1n) is 4.75. The molecule has 1 aromatic rings. The van der Waals surface area contributed by atoms with Gasteiger partial charge in [-0.25, -0.2) is 0 Å². The van der Waals surface area contributed by atoms with Crippen molar-refractivity contribution in [2.45, 2.75) is 6.42 Å². The largest absolute Gasteiger partial charge is 0.508 e. The van der Waals surface area contributed by atoms with Gasteiger partial charge in [0.2, 0.25) is 0 Å². The zero-order valence-corrected chi connectivity index (χ0v) is 8.84. The van der Waals surface area contributed by atoms with E-state index >= 15 is 0 Å². The first kappa shape index (κ1) is 12.5. The molecule has 2 N–H and O–H groups in total. The first-order chi connectivity index (χ1) is 8.06. The van der Waals surface area contributed by atoms with E-state index in [-0.39, 0.29) is 23.5 Å². The highest BCUT2D eigenvalue weighted by molar-refractivity contribution is 5.98. The van der Waals surface area contributed by atoms with E-state index in [1.807, 2.05) is 0 Å². The number of hydrogen-bond acceptors (Lipinski definition) is 4. The molecule has 0 unspecified atom stereocenters. The summed E-state index contributed by atoms with van der Waals surface area (Å²) in [6, 6.07) is 3.27. The number of terminal acetylenes is 1. The van der Waals surface area contributed by atoms with Crippen molar-refractivity contribution in [2.24, 2.45) is 0 Å². The van der Waals surface area contributed by atoms with Gasteiger partial charge in [0.15, 0.2) is 0 Å². The zero-order valence-electron chi connectivity index (χ0n) is 8.84. The van der Waals surface area contributed by atoms with Crippen LogP contribution in [-0.2, 0) is 0 Å². The van der Waals surface area contributed by atoms with Gasteiger partial charge in [0.25, 0.3) is 11.6 Å². The third-order valence-electron chi connectivity index (χ3n) is 1.98. The fourth-order valence-electron chi connectivity index (χ4n) is 1.21. The third kappa shape index (κ3) is 3.21. The number of nitrogens with one attached hydrogen (secondary N) is 1. The Morgan fingerprint density at radius 3 is 2.88 bits per heavy atom. The molecule has 6 nitrogen and oxygen atoms in total. The van der Waals surface area contributed by atoms with Gasteiger partial charge in [-0.3, -0.25) is 14.9 Å². The number of hydrogen-bond donors (Lipinski definition) is 2. The van der Waals surface area contributed by atoms with Crippen molar-refractivity contribution in [1.82, 2.24) is 5.32 Å². The van der Waals surface area contributed by atoms with E-state index in [0.717, 1.165) is 18.2 Å². The van der Waals surface area contributed by atoms with Gasteiger partial charge in [-0.2, -0.15) is 0 Å². The Balaban J connectivity index is 2.95. The Kier molecular flexibility index (Phi) is 4.06. The number of amides is 1. The monoisotopic (exact) mass is 234 g/mol. The lowest BCUT2D eigenvalue weighted by atomic mass is 10.1. The van der Waals surface area contributed by atoms with Crippen LogP contribution < -0.4 is 5.32 Å². The van der Waals surface area contributed by atoms with E-state index in [1.54, 1.807) is 0 Å². The maximum absolute atomic E-state index is 11.6. The van der Waals surface area contributed by atoms with Crippen LogP contribution in [-0.4, -0.2) is 22.5 Å². The van der Waals surface area contributed by atoms with Crippen LogP contribution in [0.5, 0.6) is 5.75 Å². The van der Waals surface area contributed by atoms with Gasteiger partial charge < -0.3 is 10.4 Å². The van der Waals surface area contributed by atoms with Crippen molar-refractivity contribution >= 4 is 11.6 Å². The highest BCUT2D eigenvalue weighted by Crippen LogP contribution is 2.22. The fourth-order valence-corrected chi connectivity index (χ4v) is 1.21. The predicted octanol–water partition coefficient (Wildman–Crippen LogP) is 1.05. The molecule has 0 spiro atoms. The van der Waals surface area contributed by atoms with Gasteiger partial charge in [-0.1, -0.05) is 0 Å². The SMILES string of the molecule is C#CCCNC(=O)c1cc(O)ccc1[N+](=O)[O-]. The van der Waals surface area contributed by atoms with Gasteiger partial charge in [0.05, 0.1) is 4.92 Å². The molecule has 0 aliphatic carbocycles. The van der Waals surface area contributed by atoms with Gasteiger partial charge >= 0.3 is 0 Å². The van der Waals surface area contributed by atoms with Crippen LogP contribution >= 0.6 is 0 Å². The van der Waals surface area contributed by atoms with E-state index < -0.39 is 10.8 Å². The summed E-state index contributed by atoms with van der Waals surface area (Å²) in [5.74, 6) is 1.48. The minimum atomic E-state index is -0.685. The summed E-state index contributed by atoms with van der Waals surface area (Å²) < 4.78 is 0. The molecule has 0 fully saturated rings. The van der Waals surface area contributed by atoms with Gasteiger partial charge in [-0.15, -0.1) is 12.3 Å². The summed E-state index contributed by atoms with van der Waals surface area (Å²) in [5, 5.41) is 22.3. The second-order valence-corrected chi connectivity index (χ2v) is 3.17. The molecule has 0 heterocycles. The molecule has 0 aliphatic rings. The van der Waals surface area contributed by atoms with Crippen LogP contribution in [0.25, 0.3) is 0 Å². The molecule has 88 valence electrons. The summed E-state index contributed by atoms with van der Waals surface area (Å²) in [6.07, 6.45) is 5.34. The van der Waals surface area contributed by atoms with E-state index in [9.17, 15) is 20.0 Å². The number of nitro groups is 1. The summed E-state index contributed by atoms with van der Waals surface area (Å²) >= 11 is 0. The number of carbonyl (C=O) groups is 1. The number of aromatic hydroxyl groups is 1. The van der Waals surface area contributed by atoms with E-state index in [0.29, 0.717) is 6.42 Å². The summed E-state index contributed by atoms with van der Waals surface area (Å²) in [4.78, 5) is 21.6. The zero-order chi connectivity index (χ0) is 12.8. The molecular weight excluding hydrogens is 224 g/mol. The van der Waals surface area contributed by atoms with Crippen molar-refractivity contribution in [3.8, 4) is 18.1 Å². The van der Waals surface area contributed by atoms with Gasteiger partial charge in [0.1, 0.15) is 11.3 Å². The molecule has 0 aliphatic heterocycles. The number of nitrogens with zero attached hydrogens (tertiary/aromatic N) is 1. The molecule has 0 saturated carbocycles. The number of benzene rings is 1. The molecule has 1 rings (SSSR count). The Morgan fingerprint density at radius 1 is 1.59 bits per heavy atom. The Hall–Kier alpha value is -2.55. The smallest absolute Gasteiger partial charge is 0.282 e. The maximum Gasteiger partial charge on any atom is 0.282 e. The Morgan fingerprint density at radius 2 is 2.29 bits per heavy atom. The summed E-state index contributed by atoms with van der Waals surface area (Å²) in [7, 11) is 0. The quantitative estimate of drug-likeness (QED) is 0.352. The normalized spacial score (nSPS) is 9.35. The summed E-state index contributed by atoms with van der Waals surface area (Å²) in [6.45, 7) is 0.224. The number of nitro benzene ring substituents is 1. The molecule has 1 aromatic carbocycles. The Labute approximate surface area is 97.4 Å². The van der Waals surface area contributed by atoms with Crippen molar-refractivity contribution in [2.75, 3.05) is 6.54 Å². The molecule has 0 saturated heterocycles. The van der Waals surface area contributed by atoms with Crippen LogP contribution in [0.4, 0.5) is 5.69 Å². The van der Waals surface area contributed by atoms with E-state index in [2.05, 4.69) is 11.2 Å². The fraction of sp³-hybridized carbons (Fsp3) is 0.182. The predicted molar refractivity (Wildman–Crippen MR) is 60.5 cm³/mol. The van der Waals surface area contributed by atoms with Crippen molar-refractivity contribution in [1.29, 1.82) is 0 Å². The molecule has 0 bridgehead atoms. The van der Waals surface area contributed by atoms with Crippen LogP contribution in [0.1, 0.15) is 16.8 Å². The van der Waals surface area contributed by atoms with Crippen molar-refractivity contribution < 1.29 is 14.8 Å². The van der Waals surface area contributed by atoms with Crippen LogP contribution in [0, 0.1) is 22.5 Å². The van der Waals surface area contributed by atoms with Crippen LogP contribution in [0.15, 0.2) is 18.2 Å². The maximum atomic E-state index is 11.6. The van der Waals surface area contributed by atoms with Gasteiger partial charge in [-0.05, 0) is 12.1 Å². The number of carbonyl (C=O) groups excluding carboxylic acids is 1. The molecule has 17 heavy (non-hydrogen) atoms. The first-order valence-corrected chi connectivity index (χ1v) is 4.75. The molecule has 0 aromatic heterocycles. The number of phenolic OH excluding ortho intramolecular Hbond substituents is 1. The van der Waals surface area contributed by atoms with E-state index in [4.69, 9.17) is 6.42 Å². The number of rotatable bonds is 4. The molecule has 1 amide bonds. The lowest BCUT2D eigenvalue weighted by molar-refractivity contribution is -0.385. The van der Waals surface area contributed by atoms with Gasteiger partial charge in [0, 0.05) is 19.0 Å². The van der Waals surface area contributed by atoms with Crippen LogP contribution in [0.3, 0.4) is 0 Å². The lowest BCUT2D eigenvalue weighted by Crippen LogP contribution is -2.24. The molecule has 0 radical (unpaired) electrons. The number of phenols is 1. The highest BCUT2D eigenvalue weighted by atomic mass is 16.6. The average molecular weight is 234 g/mol. The second kappa shape index (κ2) is 5.51. The lowest BCUT2D eigenvalue weighted by Gasteiger charge is -2.04. The van der Waals surface area contributed by atoms with Crippen molar-refractivity contribution in [3.05, 3.63) is 33.9 Å². The second-order valence-electron chi connectivity index (χ2n) is 3.17. The standard InChI is InChI=1S/C11H10N2O4/c1-2-3-6-12-11(15)9-7-8(14)4-5-10(9)13(16)17/h1,4-5,7,14H,3,6H2,(H,12,15).